The van der Waals surface area contributed by atoms with Crippen LogP contribution in [0.15, 0.2) is 47.2 Å². The second-order valence-corrected chi connectivity index (χ2v) is 4.89. The Balaban J connectivity index is 1.89. The monoisotopic (exact) mass is 277 g/mol. The van der Waals surface area contributed by atoms with Crippen LogP contribution in [0.5, 0.6) is 0 Å². The average Bonchev–Trinajstić information content (AvgIpc) is 2.88. The van der Waals surface area contributed by atoms with Gasteiger partial charge in [-0.1, -0.05) is 29.8 Å². The van der Waals surface area contributed by atoms with Gasteiger partial charge in [0.1, 0.15) is 0 Å². The molecule has 0 aliphatic carbocycles. The number of carbonyl (C=O) groups excluding carboxylic acids is 1. The Morgan fingerprint density at radius 2 is 2.17 bits per heavy atom. The Kier molecular flexibility index (Phi) is 4.56. The quantitative estimate of drug-likeness (QED) is 0.848. The van der Waals surface area contributed by atoms with Gasteiger partial charge < -0.3 is 5.32 Å². The predicted octanol–water partition coefficient (Wildman–Crippen LogP) is 3.73. The zero-order valence-corrected chi connectivity index (χ0v) is 11.2. The lowest BCUT2D eigenvalue weighted by atomic mass is 10.2. The number of thiophene rings is 1. The number of hydrogen-bond acceptors (Lipinski definition) is 2. The third kappa shape index (κ3) is 3.72. The van der Waals surface area contributed by atoms with Crippen molar-refractivity contribution in [2.45, 2.75) is 6.54 Å². The number of amides is 1. The van der Waals surface area contributed by atoms with Gasteiger partial charge in [0.25, 0.3) is 0 Å². The van der Waals surface area contributed by atoms with Crippen molar-refractivity contribution in [3.63, 3.8) is 0 Å². The van der Waals surface area contributed by atoms with E-state index in [9.17, 15) is 4.79 Å². The van der Waals surface area contributed by atoms with E-state index in [1.165, 1.54) is 6.08 Å². The third-order valence-electron chi connectivity index (χ3n) is 2.37. The van der Waals surface area contributed by atoms with Gasteiger partial charge in [0.15, 0.2) is 0 Å². The SMILES string of the molecule is O=C(/C=C/c1ccccc1Cl)NCc1ccsc1. The fraction of sp³-hybridized carbons (Fsp3) is 0.0714. The Labute approximate surface area is 115 Å². The highest BCUT2D eigenvalue weighted by atomic mass is 35.5. The molecular formula is C14H12ClNOS. The summed E-state index contributed by atoms with van der Waals surface area (Å²) in [6, 6.07) is 9.39. The molecule has 1 heterocycles. The summed E-state index contributed by atoms with van der Waals surface area (Å²) in [5.74, 6) is -0.124. The molecule has 1 N–H and O–H groups in total. The molecular weight excluding hydrogens is 266 g/mol. The van der Waals surface area contributed by atoms with Gasteiger partial charge in [-0.25, -0.2) is 0 Å². The third-order valence-corrected chi connectivity index (χ3v) is 3.44. The van der Waals surface area contributed by atoms with Crippen molar-refractivity contribution in [2.75, 3.05) is 0 Å². The highest BCUT2D eigenvalue weighted by molar-refractivity contribution is 7.07. The molecule has 2 aromatic rings. The predicted molar refractivity (Wildman–Crippen MR) is 76.7 cm³/mol. The van der Waals surface area contributed by atoms with Gasteiger partial charge in [0, 0.05) is 17.6 Å². The fourth-order valence-electron chi connectivity index (χ4n) is 1.42. The minimum atomic E-state index is -0.124. The zero-order chi connectivity index (χ0) is 12.8. The van der Waals surface area contributed by atoms with Crippen molar-refractivity contribution in [2.24, 2.45) is 0 Å². The van der Waals surface area contributed by atoms with E-state index in [4.69, 9.17) is 11.6 Å². The normalized spacial score (nSPS) is 10.7. The van der Waals surface area contributed by atoms with Crippen molar-refractivity contribution < 1.29 is 4.79 Å². The lowest BCUT2D eigenvalue weighted by molar-refractivity contribution is -0.116. The molecule has 0 unspecified atom stereocenters. The van der Waals surface area contributed by atoms with Crippen LogP contribution in [0.4, 0.5) is 0 Å². The van der Waals surface area contributed by atoms with Crippen molar-refractivity contribution in [3.8, 4) is 0 Å². The molecule has 0 spiro atoms. The molecule has 0 saturated heterocycles. The van der Waals surface area contributed by atoms with Crippen molar-refractivity contribution in [1.82, 2.24) is 5.32 Å². The molecule has 4 heteroatoms. The number of nitrogens with one attached hydrogen (secondary N) is 1. The van der Waals surface area contributed by atoms with E-state index in [0.29, 0.717) is 11.6 Å². The highest BCUT2D eigenvalue weighted by Crippen LogP contribution is 2.16. The Hall–Kier alpha value is -1.58. The molecule has 2 nitrogen and oxygen atoms in total. The first-order valence-electron chi connectivity index (χ1n) is 5.47. The molecule has 0 bridgehead atoms. The first-order valence-corrected chi connectivity index (χ1v) is 6.79. The lowest BCUT2D eigenvalue weighted by Crippen LogP contribution is -2.19. The van der Waals surface area contributed by atoms with Crippen molar-refractivity contribution in [3.05, 3.63) is 63.3 Å². The van der Waals surface area contributed by atoms with Gasteiger partial charge in [-0.15, -0.1) is 0 Å². The smallest absolute Gasteiger partial charge is 0.244 e. The van der Waals surface area contributed by atoms with Crippen LogP contribution >= 0.6 is 22.9 Å². The summed E-state index contributed by atoms with van der Waals surface area (Å²) >= 11 is 7.60. The Morgan fingerprint density at radius 3 is 2.89 bits per heavy atom. The number of rotatable bonds is 4. The number of benzene rings is 1. The molecule has 92 valence electrons. The summed E-state index contributed by atoms with van der Waals surface area (Å²) in [6.45, 7) is 0.551. The molecule has 1 aromatic carbocycles. The van der Waals surface area contributed by atoms with Gasteiger partial charge in [0.05, 0.1) is 0 Å². The average molecular weight is 278 g/mol. The van der Waals surface area contributed by atoms with Crippen molar-refractivity contribution in [1.29, 1.82) is 0 Å². The largest absolute Gasteiger partial charge is 0.348 e. The van der Waals surface area contributed by atoms with E-state index in [-0.39, 0.29) is 5.91 Å². The minimum Gasteiger partial charge on any atom is -0.348 e. The maximum Gasteiger partial charge on any atom is 0.244 e. The molecule has 1 aromatic heterocycles. The first kappa shape index (κ1) is 12.9. The Morgan fingerprint density at radius 1 is 1.33 bits per heavy atom. The van der Waals surface area contributed by atoms with Crippen LogP contribution in [0.25, 0.3) is 6.08 Å². The van der Waals surface area contributed by atoms with Gasteiger partial charge in [-0.05, 0) is 40.1 Å². The van der Waals surface area contributed by atoms with E-state index in [0.717, 1.165) is 11.1 Å². The molecule has 0 fully saturated rings. The van der Waals surface area contributed by atoms with E-state index >= 15 is 0 Å². The van der Waals surface area contributed by atoms with E-state index in [1.807, 2.05) is 35.0 Å². The van der Waals surface area contributed by atoms with Gasteiger partial charge >= 0.3 is 0 Å². The summed E-state index contributed by atoms with van der Waals surface area (Å²) in [5, 5.41) is 7.45. The molecule has 0 radical (unpaired) electrons. The summed E-state index contributed by atoms with van der Waals surface area (Å²) in [5.41, 5.74) is 1.95. The molecule has 0 aliphatic rings. The molecule has 2 rings (SSSR count). The number of carbonyl (C=O) groups is 1. The second kappa shape index (κ2) is 6.38. The number of halogens is 1. The molecule has 18 heavy (non-hydrogen) atoms. The maximum absolute atomic E-state index is 11.6. The summed E-state index contributed by atoms with van der Waals surface area (Å²) in [6.07, 6.45) is 3.21. The molecule has 0 aliphatic heterocycles. The number of hydrogen-bond donors (Lipinski definition) is 1. The van der Waals surface area contributed by atoms with Crippen LogP contribution in [0.1, 0.15) is 11.1 Å². The summed E-state index contributed by atoms with van der Waals surface area (Å²) < 4.78 is 0. The van der Waals surface area contributed by atoms with Crippen LogP contribution in [-0.4, -0.2) is 5.91 Å². The van der Waals surface area contributed by atoms with E-state index in [1.54, 1.807) is 23.5 Å². The molecule has 0 saturated carbocycles. The topological polar surface area (TPSA) is 29.1 Å². The van der Waals surface area contributed by atoms with Crippen LogP contribution in [-0.2, 0) is 11.3 Å². The van der Waals surface area contributed by atoms with E-state index < -0.39 is 0 Å². The van der Waals surface area contributed by atoms with Gasteiger partial charge in [-0.3, -0.25) is 4.79 Å². The maximum atomic E-state index is 11.6. The molecule has 0 atom stereocenters. The first-order chi connectivity index (χ1) is 8.75. The highest BCUT2D eigenvalue weighted by Gasteiger charge is 1.98. The summed E-state index contributed by atoms with van der Waals surface area (Å²) in [4.78, 5) is 11.6. The van der Waals surface area contributed by atoms with Crippen LogP contribution in [0.3, 0.4) is 0 Å². The molecule has 1 amide bonds. The summed E-state index contributed by atoms with van der Waals surface area (Å²) in [7, 11) is 0. The lowest BCUT2D eigenvalue weighted by Gasteiger charge is -2.00. The van der Waals surface area contributed by atoms with Gasteiger partial charge in [-0.2, -0.15) is 11.3 Å². The van der Waals surface area contributed by atoms with Crippen LogP contribution in [0.2, 0.25) is 5.02 Å². The van der Waals surface area contributed by atoms with E-state index in [2.05, 4.69) is 5.32 Å². The van der Waals surface area contributed by atoms with Crippen LogP contribution in [0, 0.1) is 0 Å². The standard InChI is InChI=1S/C14H12ClNOS/c15-13-4-2-1-3-12(13)5-6-14(17)16-9-11-7-8-18-10-11/h1-8,10H,9H2,(H,16,17)/b6-5+. The van der Waals surface area contributed by atoms with Crippen LogP contribution < -0.4 is 5.32 Å². The minimum absolute atomic E-state index is 0.124. The Bertz CT molecular complexity index is 549. The zero-order valence-electron chi connectivity index (χ0n) is 9.60. The van der Waals surface area contributed by atoms with Crippen molar-refractivity contribution >= 4 is 34.9 Å². The fourth-order valence-corrected chi connectivity index (χ4v) is 2.28. The van der Waals surface area contributed by atoms with Gasteiger partial charge in [0.2, 0.25) is 5.91 Å². The second-order valence-electron chi connectivity index (χ2n) is 3.70.